The van der Waals surface area contributed by atoms with Crippen LogP contribution in [-0.2, 0) is 0 Å². The van der Waals surface area contributed by atoms with Crippen molar-refractivity contribution < 1.29 is 8.83 Å². The van der Waals surface area contributed by atoms with E-state index in [0.29, 0.717) is 17.5 Å². The van der Waals surface area contributed by atoms with Crippen molar-refractivity contribution in [3.8, 4) is 33.9 Å². The number of para-hydroxylation sites is 2. The molecule has 0 atom stereocenters. The standard InChI is InChI=1S/C47H29N3O2/c1-2-12-28(13-3-1)45-48-46(38-25-30-14-4-5-15-32(30)33-16-6-7-17-34(33)38)50-47(49-45)39-26-31(27-43-44(39)36-19-9-11-21-41(36)52-43)29-22-23-42-37(24-29)35-18-8-10-20-40(35)51-42/h1-2,4-12,14-27H,3,13H2. The summed E-state index contributed by atoms with van der Waals surface area (Å²) in [6, 6.07) is 46.4. The molecule has 244 valence electrons. The molecule has 1 aliphatic carbocycles. The molecule has 5 heteroatoms. The van der Waals surface area contributed by atoms with Gasteiger partial charge in [0.15, 0.2) is 17.5 Å². The third-order valence-corrected chi connectivity index (χ3v) is 10.4. The van der Waals surface area contributed by atoms with Crippen LogP contribution in [0.25, 0.3) is 105 Å². The second kappa shape index (κ2) is 11.3. The smallest absolute Gasteiger partial charge is 0.164 e. The summed E-state index contributed by atoms with van der Waals surface area (Å²) in [7, 11) is 0. The molecule has 10 aromatic rings. The summed E-state index contributed by atoms with van der Waals surface area (Å²) in [5.74, 6) is 1.95. The molecule has 0 bridgehead atoms. The Bertz CT molecular complexity index is 3140. The van der Waals surface area contributed by atoms with E-state index in [1.165, 1.54) is 10.8 Å². The summed E-state index contributed by atoms with van der Waals surface area (Å²) in [5, 5.41) is 8.80. The minimum Gasteiger partial charge on any atom is -0.456 e. The predicted molar refractivity (Wildman–Crippen MR) is 212 cm³/mol. The first-order valence-electron chi connectivity index (χ1n) is 17.7. The lowest BCUT2D eigenvalue weighted by atomic mass is 9.96. The molecule has 7 aromatic carbocycles. The van der Waals surface area contributed by atoms with Crippen LogP contribution in [0.3, 0.4) is 0 Å². The molecule has 0 saturated carbocycles. The first-order chi connectivity index (χ1) is 25.7. The molecule has 52 heavy (non-hydrogen) atoms. The lowest BCUT2D eigenvalue weighted by molar-refractivity contribution is 0.669. The minimum absolute atomic E-state index is 0.612. The van der Waals surface area contributed by atoms with Gasteiger partial charge in [-0.25, -0.2) is 15.0 Å². The van der Waals surface area contributed by atoms with Gasteiger partial charge in [0.1, 0.15) is 22.3 Å². The molecule has 0 fully saturated rings. The van der Waals surface area contributed by atoms with Crippen LogP contribution in [0.4, 0.5) is 0 Å². The number of aromatic nitrogens is 3. The van der Waals surface area contributed by atoms with E-state index in [1.807, 2.05) is 24.3 Å². The molecule has 0 spiro atoms. The van der Waals surface area contributed by atoms with Crippen LogP contribution in [0.1, 0.15) is 18.7 Å². The second-order valence-corrected chi connectivity index (χ2v) is 13.5. The van der Waals surface area contributed by atoms with Gasteiger partial charge in [0.25, 0.3) is 0 Å². The third kappa shape index (κ3) is 4.53. The maximum Gasteiger partial charge on any atom is 0.164 e. The quantitative estimate of drug-likeness (QED) is 0.175. The lowest BCUT2D eigenvalue weighted by Crippen LogP contribution is -2.04. The first-order valence-corrected chi connectivity index (χ1v) is 17.7. The van der Waals surface area contributed by atoms with Crippen molar-refractivity contribution in [3.63, 3.8) is 0 Å². The van der Waals surface area contributed by atoms with Gasteiger partial charge in [-0.3, -0.25) is 0 Å². The van der Waals surface area contributed by atoms with Crippen molar-refractivity contribution in [2.24, 2.45) is 0 Å². The Labute approximate surface area is 298 Å². The van der Waals surface area contributed by atoms with Gasteiger partial charge in [-0.1, -0.05) is 109 Å². The first kappa shape index (κ1) is 28.9. The second-order valence-electron chi connectivity index (χ2n) is 13.5. The molecule has 0 unspecified atom stereocenters. The molecular formula is C47H29N3O2. The normalized spacial score (nSPS) is 13.3. The number of hydrogen-bond donors (Lipinski definition) is 0. The van der Waals surface area contributed by atoms with E-state index in [4.69, 9.17) is 23.8 Å². The fraction of sp³-hybridized carbons (Fsp3) is 0.0426. The Morgan fingerprint density at radius 1 is 0.442 bits per heavy atom. The number of furan rings is 2. The van der Waals surface area contributed by atoms with Gasteiger partial charge in [-0.15, -0.1) is 0 Å². The number of nitrogens with zero attached hydrogens (tertiary/aromatic N) is 3. The molecule has 0 radical (unpaired) electrons. The van der Waals surface area contributed by atoms with Gasteiger partial charge < -0.3 is 8.83 Å². The van der Waals surface area contributed by atoms with Crippen LogP contribution in [0.5, 0.6) is 0 Å². The summed E-state index contributed by atoms with van der Waals surface area (Å²) < 4.78 is 12.8. The highest BCUT2D eigenvalue weighted by Gasteiger charge is 2.22. The van der Waals surface area contributed by atoms with E-state index in [-0.39, 0.29) is 0 Å². The van der Waals surface area contributed by atoms with Crippen LogP contribution < -0.4 is 0 Å². The number of benzene rings is 7. The Hall–Kier alpha value is -6.85. The van der Waals surface area contributed by atoms with E-state index in [9.17, 15) is 0 Å². The highest BCUT2D eigenvalue weighted by molar-refractivity contribution is 6.15. The average Bonchev–Trinajstić information content (AvgIpc) is 3.78. The maximum absolute atomic E-state index is 6.58. The highest BCUT2D eigenvalue weighted by Crippen LogP contribution is 2.42. The van der Waals surface area contributed by atoms with Crippen molar-refractivity contribution in [1.29, 1.82) is 0 Å². The molecule has 5 nitrogen and oxygen atoms in total. The number of allylic oxidation sites excluding steroid dienone is 4. The molecule has 3 heterocycles. The fourth-order valence-corrected chi connectivity index (χ4v) is 7.89. The molecule has 3 aromatic heterocycles. The Balaban J connectivity index is 1.21. The fourth-order valence-electron chi connectivity index (χ4n) is 7.89. The lowest BCUT2D eigenvalue weighted by Gasteiger charge is -2.15. The largest absolute Gasteiger partial charge is 0.456 e. The Morgan fingerprint density at radius 3 is 1.92 bits per heavy atom. The minimum atomic E-state index is 0.612. The number of rotatable bonds is 4. The van der Waals surface area contributed by atoms with Crippen molar-refractivity contribution in [2.45, 2.75) is 12.8 Å². The van der Waals surface area contributed by atoms with E-state index in [0.717, 1.165) is 95.3 Å². The van der Waals surface area contributed by atoms with Crippen molar-refractivity contribution >= 4 is 71.0 Å². The number of hydrogen-bond acceptors (Lipinski definition) is 5. The van der Waals surface area contributed by atoms with E-state index in [1.54, 1.807) is 0 Å². The van der Waals surface area contributed by atoms with Gasteiger partial charge in [-0.05, 0) is 93.6 Å². The predicted octanol–water partition coefficient (Wildman–Crippen LogP) is 12.7. The van der Waals surface area contributed by atoms with E-state index < -0.39 is 0 Å². The Kier molecular flexibility index (Phi) is 6.31. The Morgan fingerprint density at radius 2 is 1.10 bits per heavy atom. The molecule has 0 N–H and O–H groups in total. The van der Waals surface area contributed by atoms with Crippen LogP contribution in [0.15, 0.2) is 161 Å². The van der Waals surface area contributed by atoms with Crippen molar-refractivity contribution in [3.05, 3.63) is 158 Å². The van der Waals surface area contributed by atoms with E-state index >= 15 is 0 Å². The van der Waals surface area contributed by atoms with Gasteiger partial charge in [0.05, 0.1) is 0 Å². The SMILES string of the molecule is C1=CCCC(c2nc(-c3cc4ccccc4c4ccccc34)nc(-c3cc(-c4ccc5oc6ccccc6c5c4)cc4oc5ccccc5c34)n2)=C1. The molecule has 0 amide bonds. The van der Waals surface area contributed by atoms with Crippen molar-refractivity contribution in [2.75, 3.05) is 0 Å². The summed E-state index contributed by atoms with van der Waals surface area (Å²) in [6.45, 7) is 0. The zero-order chi connectivity index (χ0) is 34.2. The average molecular weight is 668 g/mol. The molecule has 0 saturated heterocycles. The highest BCUT2D eigenvalue weighted by atomic mass is 16.3. The van der Waals surface area contributed by atoms with Crippen LogP contribution in [0.2, 0.25) is 0 Å². The molecule has 11 rings (SSSR count). The van der Waals surface area contributed by atoms with Crippen molar-refractivity contribution in [1.82, 2.24) is 15.0 Å². The topological polar surface area (TPSA) is 65.0 Å². The van der Waals surface area contributed by atoms with E-state index in [2.05, 4.69) is 127 Å². The monoisotopic (exact) mass is 667 g/mol. The summed E-state index contributed by atoms with van der Waals surface area (Å²) in [6.07, 6.45) is 8.23. The summed E-state index contributed by atoms with van der Waals surface area (Å²) >= 11 is 0. The summed E-state index contributed by atoms with van der Waals surface area (Å²) in [5.41, 5.74) is 8.38. The molecule has 0 aliphatic heterocycles. The van der Waals surface area contributed by atoms with Gasteiger partial charge in [0.2, 0.25) is 0 Å². The molecular weight excluding hydrogens is 639 g/mol. The zero-order valence-electron chi connectivity index (χ0n) is 28.0. The molecule has 1 aliphatic rings. The third-order valence-electron chi connectivity index (χ3n) is 10.4. The number of fused-ring (bicyclic) bond motifs is 9. The van der Waals surface area contributed by atoms with Gasteiger partial charge >= 0.3 is 0 Å². The van der Waals surface area contributed by atoms with Gasteiger partial charge in [-0.2, -0.15) is 0 Å². The van der Waals surface area contributed by atoms with Crippen LogP contribution >= 0.6 is 0 Å². The van der Waals surface area contributed by atoms with Crippen LogP contribution in [-0.4, -0.2) is 15.0 Å². The maximum atomic E-state index is 6.58. The van der Waals surface area contributed by atoms with Crippen LogP contribution in [0, 0.1) is 0 Å². The zero-order valence-corrected chi connectivity index (χ0v) is 28.0. The summed E-state index contributed by atoms with van der Waals surface area (Å²) in [4.78, 5) is 15.8. The van der Waals surface area contributed by atoms with Gasteiger partial charge in [0, 0.05) is 32.7 Å².